The van der Waals surface area contributed by atoms with Gasteiger partial charge in [-0.1, -0.05) is 40.0 Å². The van der Waals surface area contributed by atoms with Crippen LogP contribution in [-0.2, 0) is 16.0 Å². The molecular weight excluding hydrogens is 392 g/mol. The zero-order chi connectivity index (χ0) is 18.5. The quantitative estimate of drug-likeness (QED) is 0.500. The topological polar surface area (TPSA) is 35.5 Å². The molecule has 1 aliphatic rings. The van der Waals surface area contributed by atoms with Crippen molar-refractivity contribution in [3.05, 3.63) is 63.6 Å². The van der Waals surface area contributed by atoms with Gasteiger partial charge in [0.05, 0.1) is 19.4 Å². The first-order valence-electron chi connectivity index (χ1n) is 8.64. The molecular formula is C22H21BrO3. The maximum absolute atomic E-state index is 11.6. The van der Waals surface area contributed by atoms with Crippen molar-refractivity contribution in [1.29, 1.82) is 0 Å². The first kappa shape index (κ1) is 18.5. The number of rotatable bonds is 5. The fraction of sp³-hybridized carbons (Fsp3) is 0.318. The van der Waals surface area contributed by atoms with Gasteiger partial charge in [-0.2, -0.15) is 0 Å². The molecule has 1 aliphatic carbocycles. The molecule has 0 aliphatic heterocycles. The molecule has 2 unspecified atom stereocenters. The fourth-order valence-electron chi connectivity index (χ4n) is 3.29. The summed E-state index contributed by atoms with van der Waals surface area (Å²) in [6.07, 6.45) is 2.36. The maximum atomic E-state index is 11.6. The number of carbonyl (C=O) groups is 1. The normalized spacial score (nSPS) is 16.2. The van der Waals surface area contributed by atoms with Gasteiger partial charge in [0.1, 0.15) is 11.9 Å². The molecule has 2 atom stereocenters. The average Bonchev–Trinajstić information content (AvgIpc) is 3.03. The minimum Gasteiger partial charge on any atom is -0.486 e. The second kappa shape index (κ2) is 8.42. The summed E-state index contributed by atoms with van der Waals surface area (Å²) >= 11 is 3.52. The molecule has 26 heavy (non-hydrogen) atoms. The van der Waals surface area contributed by atoms with Crippen molar-refractivity contribution in [2.45, 2.75) is 38.2 Å². The van der Waals surface area contributed by atoms with Crippen molar-refractivity contribution in [1.82, 2.24) is 0 Å². The lowest BCUT2D eigenvalue weighted by molar-refractivity contribution is -0.140. The SMILES string of the molecule is CC#CC(CC(=O)OC)c1ccc(OC2CCc3cc(Br)ccc32)cc1. The second-order valence-corrected chi connectivity index (χ2v) is 7.20. The Labute approximate surface area is 162 Å². The minimum absolute atomic E-state index is 0.0882. The van der Waals surface area contributed by atoms with Crippen molar-refractivity contribution < 1.29 is 14.3 Å². The second-order valence-electron chi connectivity index (χ2n) is 6.28. The molecule has 2 aromatic carbocycles. The summed E-state index contributed by atoms with van der Waals surface area (Å²) in [7, 11) is 1.40. The number of hydrogen-bond donors (Lipinski definition) is 0. The minimum atomic E-state index is -0.258. The first-order chi connectivity index (χ1) is 12.6. The molecule has 0 N–H and O–H groups in total. The van der Waals surface area contributed by atoms with Gasteiger partial charge in [-0.25, -0.2) is 0 Å². The summed E-state index contributed by atoms with van der Waals surface area (Å²) in [6.45, 7) is 1.78. The molecule has 2 aromatic rings. The summed E-state index contributed by atoms with van der Waals surface area (Å²) in [6, 6.07) is 14.2. The van der Waals surface area contributed by atoms with E-state index in [9.17, 15) is 4.79 Å². The third-order valence-corrected chi connectivity index (χ3v) is 5.10. The molecule has 0 amide bonds. The number of hydrogen-bond acceptors (Lipinski definition) is 3. The molecule has 0 bridgehead atoms. The van der Waals surface area contributed by atoms with E-state index in [0.29, 0.717) is 0 Å². The van der Waals surface area contributed by atoms with E-state index in [1.54, 1.807) is 6.92 Å². The Hall–Kier alpha value is -2.25. The lowest BCUT2D eigenvalue weighted by Gasteiger charge is -2.16. The van der Waals surface area contributed by atoms with E-state index in [-0.39, 0.29) is 24.4 Å². The Morgan fingerprint density at radius 1 is 1.27 bits per heavy atom. The number of carbonyl (C=O) groups excluding carboxylic acids is 1. The smallest absolute Gasteiger partial charge is 0.307 e. The van der Waals surface area contributed by atoms with Gasteiger partial charge >= 0.3 is 5.97 Å². The average molecular weight is 413 g/mol. The number of fused-ring (bicyclic) bond motifs is 1. The van der Waals surface area contributed by atoms with Crippen LogP contribution in [0.25, 0.3) is 0 Å². The van der Waals surface area contributed by atoms with Crippen LogP contribution in [0.15, 0.2) is 46.9 Å². The maximum Gasteiger partial charge on any atom is 0.307 e. The highest BCUT2D eigenvalue weighted by Gasteiger charge is 2.24. The molecule has 0 heterocycles. The predicted molar refractivity (Wildman–Crippen MR) is 105 cm³/mol. The number of benzene rings is 2. The lowest BCUT2D eigenvalue weighted by Crippen LogP contribution is -2.08. The Morgan fingerprint density at radius 2 is 2.04 bits per heavy atom. The fourth-order valence-corrected chi connectivity index (χ4v) is 3.70. The Bertz CT molecular complexity index is 846. The van der Waals surface area contributed by atoms with Crippen LogP contribution in [0.4, 0.5) is 0 Å². The van der Waals surface area contributed by atoms with E-state index >= 15 is 0 Å². The Kier molecular flexibility index (Phi) is 6.00. The molecule has 4 heteroatoms. The van der Waals surface area contributed by atoms with Gasteiger partial charge in [0.25, 0.3) is 0 Å². The standard InChI is InChI=1S/C22H21BrO3/c1-3-4-16(14-22(24)25-2)15-5-9-19(10-6-15)26-21-12-7-17-13-18(23)8-11-20(17)21/h5-6,8-11,13,16,21H,7,12,14H2,1-2H3. The van der Waals surface area contributed by atoms with Gasteiger partial charge < -0.3 is 9.47 Å². The summed E-state index contributed by atoms with van der Waals surface area (Å²) in [5, 5.41) is 0. The molecule has 0 fully saturated rings. The zero-order valence-corrected chi connectivity index (χ0v) is 16.5. The summed E-state index contributed by atoms with van der Waals surface area (Å²) < 4.78 is 12.1. The van der Waals surface area contributed by atoms with Crippen LogP contribution in [0, 0.1) is 11.8 Å². The summed E-state index contributed by atoms with van der Waals surface area (Å²) in [4.78, 5) is 11.6. The highest BCUT2D eigenvalue weighted by molar-refractivity contribution is 9.10. The molecule has 3 nitrogen and oxygen atoms in total. The van der Waals surface area contributed by atoms with Crippen molar-refractivity contribution in [3.63, 3.8) is 0 Å². The summed E-state index contributed by atoms with van der Waals surface area (Å²) in [5.41, 5.74) is 3.60. The van der Waals surface area contributed by atoms with Gasteiger partial charge in [-0.05, 0) is 60.7 Å². The van der Waals surface area contributed by atoms with Crippen molar-refractivity contribution in [2.75, 3.05) is 7.11 Å². The number of aryl methyl sites for hydroxylation is 1. The zero-order valence-electron chi connectivity index (χ0n) is 14.9. The summed E-state index contributed by atoms with van der Waals surface area (Å²) in [5.74, 6) is 6.38. The van der Waals surface area contributed by atoms with Gasteiger partial charge in [0, 0.05) is 4.47 Å². The van der Waals surface area contributed by atoms with Gasteiger partial charge in [0.15, 0.2) is 0 Å². The van der Waals surface area contributed by atoms with E-state index in [1.807, 2.05) is 24.3 Å². The molecule has 0 aromatic heterocycles. The van der Waals surface area contributed by atoms with Crippen LogP contribution in [0.3, 0.4) is 0 Å². The molecule has 0 saturated carbocycles. The van der Waals surface area contributed by atoms with E-state index in [1.165, 1.54) is 18.2 Å². The number of methoxy groups -OCH3 is 1. The van der Waals surface area contributed by atoms with Crippen LogP contribution in [0.1, 0.15) is 48.5 Å². The van der Waals surface area contributed by atoms with Crippen molar-refractivity contribution in [2.24, 2.45) is 0 Å². The molecule has 0 radical (unpaired) electrons. The third-order valence-electron chi connectivity index (χ3n) is 4.61. The number of ether oxygens (including phenoxy) is 2. The van der Waals surface area contributed by atoms with Crippen molar-refractivity contribution in [3.8, 4) is 17.6 Å². The number of halogens is 1. The van der Waals surface area contributed by atoms with Crippen LogP contribution in [0.5, 0.6) is 5.75 Å². The van der Waals surface area contributed by atoms with E-state index < -0.39 is 0 Å². The third kappa shape index (κ3) is 4.28. The van der Waals surface area contributed by atoms with Crippen LogP contribution in [0.2, 0.25) is 0 Å². The molecule has 3 rings (SSSR count). The molecule has 0 saturated heterocycles. The van der Waals surface area contributed by atoms with Crippen LogP contribution >= 0.6 is 15.9 Å². The largest absolute Gasteiger partial charge is 0.486 e. The lowest BCUT2D eigenvalue weighted by atomic mass is 9.96. The molecule has 134 valence electrons. The van der Waals surface area contributed by atoms with Gasteiger partial charge in [0.2, 0.25) is 0 Å². The van der Waals surface area contributed by atoms with E-state index in [0.717, 1.165) is 28.6 Å². The first-order valence-corrected chi connectivity index (χ1v) is 9.44. The van der Waals surface area contributed by atoms with Crippen molar-refractivity contribution >= 4 is 21.9 Å². The van der Waals surface area contributed by atoms with E-state index in [4.69, 9.17) is 9.47 Å². The van der Waals surface area contributed by atoms with E-state index in [2.05, 4.69) is 46.0 Å². The number of esters is 1. The molecule has 0 spiro atoms. The Balaban J connectivity index is 1.72. The highest BCUT2D eigenvalue weighted by Crippen LogP contribution is 2.36. The highest BCUT2D eigenvalue weighted by atomic mass is 79.9. The van der Waals surface area contributed by atoms with Crippen LogP contribution < -0.4 is 4.74 Å². The van der Waals surface area contributed by atoms with Gasteiger partial charge in [-0.3, -0.25) is 4.79 Å². The monoisotopic (exact) mass is 412 g/mol. The van der Waals surface area contributed by atoms with Crippen LogP contribution in [-0.4, -0.2) is 13.1 Å². The Morgan fingerprint density at radius 3 is 2.73 bits per heavy atom. The predicted octanol–water partition coefficient (Wildman–Crippen LogP) is 5.19. The van der Waals surface area contributed by atoms with Gasteiger partial charge in [-0.15, -0.1) is 5.92 Å².